The van der Waals surface area contributed by atoms with E-state index in [2.05, 4.69) is 5.32 Å². The van der Waals surface area contributed by atoms with Crippen LogP contribution in [0.25, 0.3) is 6.08 Å². The Morgan fingerprint density at radius 1 is 1.11 bits per heavy atom. The van der Waals surface area contributed by atoms with E-state index in [1.165, 1.54) is 37.5 Å². The third-order valence-electron chi connectivity index (χ3n) is 4.17. The van der Waals surface area contributed by atoms with Gasteiger partial charge in [-0.1, -0.05) is 12.1 Å². The van der Waals surface area contributed by atoms with Gasteiger partial charge in [-0.25, -0.2) is 9.69 Å². The number of anilines is 1. The number of nitro groups is 1. The number of carbonyl (C=O) groups excluding carboxylic acids is 3. The van der Waals surface area contributed by atoms with Gasteiger partial charge in [-0.15, -0.1) is 0 Å². The van der Waals surface area contributed by atoms with Gasteiger partial charge < -0.3 is 4.74 Å². The molecule has 1 aliphatic rings. The molecule has 4 amide bonds. The van der Waals surface area contributed by atoms with Gasteiger partial charge in [-0.05, 0) is 42.8 Å². The number of nitrogens with one attached hydrogen (secondary N) is 1. The fourth-order valence-corrected chi connectivity index (χ4v) is 2.70. The standard InChI is InChI=1S/C19H15N3O6/c1-11-3-4-12(10-16(11)22(26)27)9-15-17(23)20-19(25)21(18(15)24)13-5-7-14(28-2)8-6-13/h3-10H,1-2H3,(H,20,23,25)/b15-9-. The zero-order chi connectivity index (χ0) is 20.4. The molecule has 1 saturated heterocycles. The average molecular weight is 381 g/mol. The number of barbiturate groups is 1. The lowest BCUT2D eigenvalue weighted by atomic mass is 10.0. The lowest BCUT2D eigenvalue weighted by Crippen LogP contribution is -2.54. The molecule has 0 spiro atoms. The number of aryl methyl sites for hydroxylation is 1. The van der Waals surface area contributed by atoms with Crippen LogP contribution in [0.5, 0.6) is 5.75 Å². The number of carbonyl (C=O) groups is 3. The number of imide groups is 2. The summed E-state index contributed by atoms with van der Waals surface area (Å²) in [5.41, 5.74) is 0.535. The van der Waals surface area contributed by atoms with E-state index in [0.29, 0.717) is 16.9 Å². The Balaban J connectivity index is 2.01. The molecule has 0 unspecified atom stereocenters. The largest absolute Gasteiger partial charge is 0.497 e. The SMILES string of the molecule is COc1ccc(N2C(=O)NC(=O)/C(=C/c3ccc(C)c([N+](=O)[O-])c3)C2=O)cc1. The molecule has 1 aliphatic heterocycles. The molecule has 1 N–H and O–H groups in total. The van der Waals surface area contributed by atoms with Crippen LogP contribution in [0.4, 0.5) is 16.2 Å². The van der Waals surface area contributed by atoms with Gasteiger partial charge in [0.2, 0.25) is 0 Å². The van der Waals surface area contributed by atoms with Crippen LogP contribution in [-0.4, -0.2) is 29.9 Å². The van der Waals surface area contributed by atoms with Gasteiger partial charge >= 0.3 is 6.03 Å². The maximum Gasteiger partial charge on any atom is 0.335 e. The summed E-state index contributed by atoms with van der Waals surface area (Å²) in [6, 6.07) is 9.58. The number of ether oxygens (including phenoxy) is 1. The summed E-state index contributed by atoms with van der Waals surface area (Å²) in [5, 5.41) is 13.2. The number of nitrogens with zero attached hydrogens (tertiary/aromatic N) is 2. The number of nitro benzene ring substituents is 1. The highest BCUT2D eigenvalue weighted by Crippen LogP contribution is 2.25. The molecule has 0 aliphatic carbocycles. The first kappa shape index (κ1) is 18.8. The fourth-order valence-electron chi connectivity index (χ4n) is 2.70. The third-order valence-corrected chi connectivity index (χ3v) is 4.17. The minimum absolute atomic E-state index is 0.138. The van der Waals surface area contributed by atoms with Crippen LogP contribution in [0, 0.1) is 17.0 Å². The van der Waals surface area contributed by atoms with E-state index in [0.717, 1.165) is 4.90 Å². The molecule has 1 fully saturated rings. The second-order valence-corrected chi connectivity index (χ2v) is 5.96. The van der Waals surface area contributed by atoms with Crippen LogP contribution < -0.4 is 15.0 Å². The normalized spacial score (nSPS) is 15.6. The number of amides is 4. The number of benzene rings is 2. The van der Waals surface area contributed by atoms with Crippen molar-refractivity contribution in [1.29, 1.82) is 0 Å². The number of methoxy groups -OCH3 is 1. The smallest absolute Gasteiger partial charge is 0.335 e. The molecule has 28 heavy (non-hydrogen) atoms. The first-order valence-electron chi connectivity index (χ1n) is 8.12. The minimum Gasteiger partial charge on any atom is -0.497 e. The highest BCUT2D eigenvalue weighted by Gasteiger charge is 2.36. The quantitative estimate of drug-likeness (QED) is 0.376. The van der Waals surface area contributed by atoms with Crippen LogP contribution in [0.2, 0.25) is 0 Å². The molecule has 2 aromatic carbocycles. The predicted molar refractivity (Wildman–Crippen MR) is 99.8 cm³/mol. The summed E-state index contributed by atoms with van der Waals surface area (Å²) >= 11 is 0. The molecular weight excluding hydrogens is 366 g/mol. The van der Waals surface area contributed by atoms with Crippen molar-refractivity contribution in [3.63, 3.8) is 0 Å². The molecule has 2 aromatic rings. The minimum atomic E-state index is -0.882. The molecule has 0 aromatic heterocycles. The Labute approximate surface area is 159 Å². The van der Waals surface area contributed by atoms with Crippen molar-refractivity contribution >= 4 is 35.3 Å². The summed E-state index contributed by atoms with van der Waals surface area (Å²) in [6.45, 7) is 1.58. The van der Waals surface area contributed by atoms with Gasteiger partial charge in [-0.2, -0.15) is 0 Å². The molecule has 0 saturated carbocycles. The van der Waals surface area contributed by atoms with Crippen molar-refractivity contribution in [2.45, 2.75) is 6.92 Å². The van der Waals surface area contributed by atoms with Crippen LogP contribution in [0.3, 0.4) is 0 Å². The van der Waals surface area contributed by atoms with E-state index in [4.69, 9.17) is 4.74 Å². The maximum atomic E-state index is 12.8. The first-order valence-corrected chi connectivity index (χ1v) is 8.12. The molecule has 0 radical (unpaired) electrons. The van der Waals surface area contributed by atoms with Crippen molar-refractivity contribution in [3.8, 4) is 5.75 Å². The van der Waals surface area contributed by atoms with Gasteiger partial charge in [0.25, 0.3) is 17.5 Å². The van der Waals surface area contributed by atoms with Crippen LogP contribution in [-0.2, 0) is 9.59 Å². The number of hydrogen-bond donors (Lipinski definition) is 1. The zero-order valence-corrected chi connectivity index (χ0v) is 15.0. The average Bonchev–Trinajstić information content (AvgIpc) is 2.66. The van der Waals surface area contributed by atoms with Crippen LogP contribution >= 0.6 is 0 Å². The Hall–Kier alpha value is -4.01. The van der Waals surface area contributed by atoms with Crippen molar-refractivity contribution in [1.82, 2.24) is 5.32 Å². The zero-order valence-electron chi connectivity index (χ0n) is 15.0. The highest BCUT2D eigenvalue weighted by atomic mass is 16.6. The number of rotatable bonds is 4. The van der Waals surface area contributed by atoms with Crippen molar-refractivity contribution in [2.24, 2.45) is 0 Å². The van der Waals surface area contributed by atoms with E-state index in [1.54, 1.807) is 25.1 Å². The lowest BCUT2D eigenvalue weighted by molar-refractivity contribution is -0.385. The van der Waals surface area contributed by atoms with Crippen molar-refractivity contribution in [2.75, 3.05) is 12.0 Å². The van der Waals surface area contributed by atoms with E-state index in [-0.39, 0.29) is 16.9 Å². The molecule has 9 heteroatoms. The second-order valence-electron chi connectivity index (χ2n) is 5.96. The van der Waals surface area contributed by atoms with Crippen LogP contribution in [0.15, 0.2) is 48.0 Å². The van der Waals surface area contributed by atoms with Gasteiger partial charge in [0.15, 0.2) is 0 Å². The van der Waals surface area contributed by atoms with Crippen molar-refractivity contribution in [3.05, 3.63) is 69.3 Å². The highest BCUT2D eigenvalue weighted by molar-refractivity contribution is 6.39. The van der Waals surface area contributed by atoms with E-state index < -0.39 is 22.8 Å². The van der Waals surface area contributed by atoms with Gasteiger partial charge in [0.05, 0.1) is 17.7 Å². The van der Waals surface area contributed by atoms with Gasteiger partial charge in [0, 0.05) is 11.6 Å². The summed E-state index contributed by atoms with van der Waals surface area (Å²) < 4.78 is 5.04. The van der Waals surface area contributed by atoms with Gasteiger partial charge in [-0.3, -0.25) is 25.0 Å². The monoisotopic (exact) mass is 381 g/mol. The Morgan fingerprint density at radius 3 is 2.39 bits per heavy atom. The lowest BCUT2D eigenvalue weighted by Gasteiger charge is -2.26. The molecule has 142 valence electrons. The molecule has 9 nitrogen and oxygen atoms in total. The molecular formula is C19H15N3O6. The van der Waals surface area contributed by atoms with E-state index >= 15 is 0 Å². The number of hydrogen-bond acceptors (Lipinski definition) is 6. The first-order chi connectivity index (χ1) is 13.3. The summed E-state index contributed by atoms with van der Waals surface area (Å²) in [7, 11) is 1.48. The summed E-state index contributed by atoms with van der Waals surface area (Å²) in [5.74, 6) is -1.17. The second kappa shape index (κ2) is 7.31. The summed E-state index contributed by atoms with van der Waals surface area (Å²) in [4.78, 5) is 48.5. The molecule has 3 rings (SSSR count). The molecule has 0 atom stereocenters. The van der Waals surface area contributed by atoms with Gasteiger partial charge in [0.1, 0.15) is 11.3 Å². The topological polar surface area (TPSA) is 119 Å². The Bertz CT molecular complexity index is 1030. The third kappa shape index (κ3) is 3.45. The summed E-state index contributed by atoms with van der Waals surface area (Å²) in [6.07, 6.45) is 1.22. The Morgan fingerprint density at radius 2 is 1.79 bits per heavy atom. The maximum absolute atomic E-state index is 12.8. The van der Waals surface area contributed by atoms with E-state index in [1.807, 2.05) is 0 Å². The van der Waals surface area contributed by atoms with Crippen LogP contribution in [0.1, 0.15) is 11.1 Å². The molecule has 0 bridgehead atoms. The fraction of sp³-hybridized carbons (Fsp3) is 0.105. The van der Waals surface area contributed by atoms with E-state index in [9.17, 15) is 24.5 Å². The number of urea groups is 1. The predicted octanol–water partition coefficient (Wildman–Crippen LogP) is 2.58. The van der Waals surface area contributed by atoms with Crippen molar-refractivity contribution < 1.29 is 24.0 Å². The molecule has 1 heterocycles. The Kier molecular flexibility index (Phi) is 4.90.